The van der Waals surface area contributed by atoms with E-state index in [4.69, 9.17) is 5.73 Å². The molecule has 4 rings (SSSR count). The highest BCUT2D eigenvalue weighted by Crippen LogP contribution is 2.32. The second-order valence-electron chi connectivity index (χ2n) is 9.04. The monoisotopic (exact) mass is 434 g/mol. The van der Waals surface area contributed by atoms with Crippen LogP contribution in [0.4, 0.5) is 11.6 Å². The molecule has 3 heterocycles. The van der Waals surface area contributed by atoms with Crippen molar-refractivity contribution in [2.24, 2.45) is 0 Å². The zero-order valence-electron chi connectivity index (χ0n) is 19.3. The Bertz CT molecular complexity index is 981. The maximum atomic E-state index is 12.8. The molecule has 1 amide bonds. The molecular formula is C25H34N6O. The summed E-state index contributed by atoms with van der Waals surface area (Å²) in [5, 5.41) is 0. The summed E-state index contributed by atoms with van der Waals surface area (Å²) in [5.41, 5.74) is 10.8. The van der Waals surface area contributed by atoms with Crippen molar-refractivity contribution in [1.29, 1.82) is 0 Å². The van der Waals surface area contributed by atoms with Crippen molar-refractivity contribution in [3.05, 3.63) is 58.9 Å². The summed E-state index contributed by atoms with van der Waals surface area (Å²) in [4.78, 5) is 28.1. The number of anilines is 2. The third-order valence-electron chi connectivity index (χ3n) is 6.26. The molecule has 1 aromatic carbocycles. The highest BCUT2D eigenvalue weighted by atomic mass is 16.2. The summed E-state index contributed by atoms with van der Waals surface area (Å²) >= 11 is 0. The van der Waals surface area contributed by atoms with Crippen molar-refractivity contribution in [3.63, 3.8) is 0 Å². The van der Waals surface area contributed by atoms with Crippen molar-refractivity contribution in [2.45, 2.75) is 45.7 Å². The largest absolute Gasteiger partial charge is 0.383 e. The third-order valence-corrected chi connectivity index (χ3v) is 6.26. The van der Waals surface area contributed by atoms with Crippen molar-refractivity contribution in [1.82, 2.24) is 19.8 Å². The lowest BCUT2D eigenvalue weighted by atomic mass is 10.0. The Balaban J connectivity index is 1.55. The molecule has 0 bridgehead atoms. The Morgan fingerprint density at radius 1 is 1.12 bits per heavy atom. The molecule has 170 valence electrons. The molecular weight excluding hydrogens is 400 g/mol. The smallest absolute Gasteiger partial charge is 0.291 e. The zero-order chi connectivity index (χ0) is 22.7. The van der Waals surface area contributed by atoms with Crippen LogP contribution in [0.3, 0.4) is 0 Å². The molecule has 2 N–H and O–H groups in total. The van der Waals surface area contributed by atoms with Crippen LogP contribution in [-0.2, 0) is 19.5 Å². The van der Waals surface area contributed by atoms with Gasteiger partial charge in [-0.25, -0.2) is 9.97 Å². The van der Waals surface area contributed by atoms with E-state index in [2.05, 4.69) is 50.6 Å². The first-order chi connectivity index (χ1) is 15.4. The molecule has 32 heavy (non-hydrogen) atoms. The summed E-state index contributed by atoms with van der Waals surface area (Å²) in [6.45, 7) is 11.7. The van der Waals surface area contributed by atoms with E-state index in [0.717, 1.165) is 29.9 Å². The second-order valence-corrected chi connectivity index (χ2v) is 9.04. The molecule has 0 atom stereocenters. The van der Waals surface area contributed by atoms with Crippen molar-refractivity contribution in [3.8, 4) is 0 Å². The van der Waals surface area contributed by atoms with Gasteiger partial charge in [0.25, 0.3) is 5.91 Å². The van der Waals surface area contributed by atoms with Crippen LogP contribution >= 0.6 is 0 Å². The lowest BCUT2D eigenvalue weighted by Crippen LogP contribution is -2.34. The van der Waals surface area contributed by atoms with E-state index < -0.39 is 0 Å². The van der Waals surface area contributed by atoms with Crippen LogP contribution in [0.15, 0.2) is 36.4 Å². The van der Waals surface area contributed by atoms with Gasteiger partial charge in [0.2, 0.25) is 5.82 Å². The molecule has 0 saturated carbocycles. The molecule has 1 aromatic heterocycles. The Labute approximate surface area is 190 Å². The number of nitrogens with zero attached hydrogens (tertiary/aromatic N) is 5. The number of nitrogen functional groups attached to an aromatic ring is 1. The van der Waals surface area contributed by atoms with Gasteiger partial charge < -0.3 is 15.5 Å². The maximum absolute atomic E-state index is 12.8. The van der Waals surface area contributed by atoms with Gasteiger partial charge >= 0.3 is 0 Å². The van der Waals surface area contributed by atoms with Gasteiger partial charge in [0.05, 0.1) is 0 Å². The number of hydrogen-bond donors (Lipinski definition) is 1. The van der Waals surface area contributed by atoms with E-state index >= 15 is 0 Å². The minimum Gasteiger partial charge on any atom is -0.383 e. The number of hydrogen-bond acceptors (Lipinski definition) is 6. The minimum absolute atomic E-state index is 0.163. The van der Waals surface area contributed by atoms with Crippen molar-refractivity contribution in [2.75, 3.05) is 43.9 Å². The predicted octanol–water partition coefficient (Wildman–Crippen LogP) is 3.26. The number of carbonyl (C=O) groups excluding carboxylic acids is 1. The minimum atomic E-state index is -0.197. The quantitative estimate of drug-likeness (QED) is 0.674. The zero-order valence-corrected chi connectivity index (χ0v) is 19.3. The number of benzene rings is 1. The maximum Gasteiger partial charge on any atom is 0.291 e. The highest BCUT2D eigenvalue weighted by Gasteiger charge is 2.27. The fourth-order valence-electron chi connectivity index (χ4n) is 4.57. The summed E-state index contributed by atoms with van der Waals surface area (Å²) < 4.78 is 0. The fourth-order valence-corrected chi connectivity index (χ4v) is 4.57. The van der Waals surface area contributed by atoms with Crippen LogP contribution < -0.4 is 10.6 Å². The number of rotatable bonds is 7. The average molecular weight is 435 g/mol. The van der Waals surface area contributed by atoms with Crippen molar-refractivity contribution >= 4 is 17.5 Å². The molecule has 0 radical (unpaired) electrons. The Kier molecular flexibility index (Phi) is 6.74. The van der Waals surface area contributed by atoms with Gasteiger partial charge in [0.1, 0.15) is 11.6 Å². The standard InChI is InChI=1S/C25H34N6O/c1-4-11-29(3)25(32)23-27-22(26)21-14-18(2)15-31(24(21)28-23)17-20-9-7-19(8-10-20)16-30-12-5-6-13-30/h7-10H,2,4-6,11-17H2,1,3H3,(H2,26,27,28). The molecule has 7 nitrogen and oxygen atoms in total. The van der Waals surface area contributed by atoms with Crippen LogP contribution in [0.1, 0.15) is 53.5 Å². The first-order valence-electron chi connectivity index (χ1n) is 11.6. The molecule has 1 fully saturated rings. The van der Waals surface area contributed by atoms with Crippen LogP contribution in [-0.4, -0.2) is 58.9 Å². The lowest BCUT2D eigenvalue weighted by molar-refractivity contribution is 0.0783. The lowest BCUT2D eigenvalue weighted by Gasteiger charge is -2.32. The summed E-state index contributed by atoms with van der Waals surface area (Å²) in [6.07, 6.45) is 4.13. The average Bonchev–Trinajstić information content (AvgIpc) is 3.28. The van der Waals surface area contributed by atoms with Gasteiger partial charge in [-0.3, -0.25) is 9.69 Å². The summed E-state index contributed by atoms with van der Waals surface area (Å²) in [6, 6.07) is 8.81. The van der Waals surface area contributed by atoms with Gasteiger partial charge in [-0.05, 0) is 43.5 Å². The number of fused-ring (bicyclic) bond motifs is 1. The first-order valence-corrected chi connectivity index (χ1v) is 11.6. The molecule has 0 aliphatic carbocycles. The van der Waals surface area contributed by atoms with E-state index in [1.165, 1.54) is 37.1 Å². The normalized spacial score (nSPS) is 16.3. The number of amides is 1. The Morgan fingerprint density at radius 3 is 2.44 bits per heavy atom. The van der Waals surface area contributed by atoms with E-state index in [0.29, 0.717) is 31.9 Å². The first kappa shape index (κ1) is 22.3. The van der Waals surface area contributed by atoms with Crippen molar-refractivity contribution < 1.29 is 4.79 Å². The predicted molar refractivity (Wildman–Crippen MR) is 129 cm³/mol. The Morgan fingerprint density at radius 2 is 1.78 bits per heavy atom. The van der Waals surface area contributed by atoms with E-state index in [1.54, 1.807) is 11.9 Å². The van der Waals surface area contributed by atoms with Crippen LogP contribution in [0.2, 0.25) is 0 Å². The van der Waals surface area contributed by atoms with Gasteiger partial charge in [-0.2, -0.15) is 0 Å². The van der Waals surface area contributed by atoms with Crippen LogP contribution in [0.5, 0.6) is 0 Å². The molecule has 2 aliphatic heterocycles. The number of carbonyl (C=O) groups is 1. The molecule has 0 unspecified atom stereocenters. The van der Waals surface area contributed by atoms with Gasteiger partial charge in [-0.15, -0.1) is 0 Å². The number of likely N-dealkylation sites (tertiary alicyclic amines) is 1. The molecule has 2 aliphatic rings. The van der Waals surface area contributed by atoms with Gasteiger partial charge in [0, 0.05) is 45.2 Å². The second kappa shape index (κ2) is 9.69. The van der Waals surface area contributed by atoms with E-state index in [-0.39, 0.29) is 11.7 Å². The summed E-state index contributed by atoms with van der Waals surface area (Å²) in [5.74, 6) is 1.09. The molecule has 1 saturated heterocycles. The summed E-state index contributed by atoms with van der Waals surface area (Å²) in [7, 11) is 1.77. The highest BCUT2D eigenvalue weighted by molar-refractivity contribution is 5.91. The number of nitrogens with two attached hydrogens (primary N) is 1. The Hall–Kier alpha value is -2.93. The van der Waals surface area contributed by atoms with E-state index in [9.17, 15) is 4.79 Å². The van der Waals surface area contributed by atoms with Gasteiger partial charge in [0.15, 0.2) is 0 Å². The topological polar surface area (TPSA) is 78.6 Å². The SMILES string of the molecule is C=C1Cc2c(N)nc(C(=O)N(C)CCC)nc2N(Cc2ccc(CN3CCCC3)cc2)C1. The third kappa shape index (κ3) is 4.93. The molecule has 7 heteroatoms. The molecule has 0 spiro atoms. The van der Waals surface area contributed by atoms with Crippen LogP contribution in [0, 0.1) is 0 Å². The van der Waals surface area contributed by atoms with Gasteiger partial charge in [-0.1, -0.05) is 43.3 Å². The molecule has 2 aromatic rings. The van der Waals surface area contributed by atoms with E-state index in [1.807, 2.05) is 6.92 Å². The van der Waals surface area contributed by atoms with Crippen LogP contribution in [0.25, 0.3) is 0 Å². The number of aromatic nitrogens is 2. The fraction of sp³-hybridized carbons (Fsp3) is 0.480.